The molecule has 0 atom stereocenters. The number of carbonyl (C=O) groups is 1. The second-order valence-corrected chi connectivity index (χ2v) is 8.83. The van der Waals surface area contributed by atoms with Crippen molar-refractivity contribution in [2.75, 3.05) is 30.3 Å². The molecule has 1 saturated carbocycles. The molecule has 4 rings (SSSR count). The molecule has 1 spiro atoms. The Bertz CT molecular complexity index is 904. The van der Waals surface area contributed by atoms with Crippen LogP contribution in [0.4, 0.5) is 22.2 Å². The molecule has 10 nitrogen and oxygen atoms in total. The van der Waals surface area contributed by atoms with Crippen molar-refractivity contribution in [1.29, 1.82) is 0 Å². The van der Waals surface area contributed by atoms with Crippen molar-refractivity contribution in [3.8, 4) is 0 Å². The van der Waals surface area contributed by atoms with Crippen molar-refractivity contribution in [2.24, 2.45) is 5.41 Å². The van der Waals surface area contributed by atoms with E-state index in [1.165, 1.54) is 4.90 Å². The zero-order valence-electron chi connectivity index (χ0n) is 17.3. The highest BCUT2D eigenvalue weighted by molar-refractivity contribution is 6.32. The van der Waals surface area contributed by atoms with E-state index >= 15 is 0 Å². The lowest BCUT2D eigenvalue weighted by Gasteiger charge is -2.45. The Morgan fingerprint density at radius 3 is 2.65 bits per heavy atom. The quantitative estimate of drug-likeness (QED) is 0.529. The van der Waals surface area contributed by atoms with Gasteiger partial charge >= 0.3 is 6.09 Å². The van der Waals surface area contributed by atoms with E-state index in [2.05, 4.69) is 25.7 Å². The highest BCUT2D eigenvalue weighted by Crippen LogP contribution is 2.45. The largest absolute Gasteiger partial charge is 0.465 e. The summed E-state index contributed by atoms with van der Waals surface area (Å²) >= 11 is 6.33. The van der Waals surface area contributed by atoms with Gasteiger partial charge in [-0.2, -0.15) is 10.1 Å². The fourth-order valence-corrected chi connectivity index (χ4v) is 4.70. The molecular weight excluding hydrogens is 422 g/mol. The molecule has 3 heterocycles. The minimum absolute atomic E-state index is 0.0210. The average molecular weight is 450 g/mol. The third-order valence-corrected chi connectivity index (χ3v) is 6.72. The van der Waals surface area contributed by atoms with Gasteiger partial charge in [0.25, 0.3) is 0 Å². The predicted octanol–water partition coefficient (Wildman–Crippen LogP) is 3.18. The monoisotopic (exact) mass is 449 g/mol. The fraction of sp³-hybridized carbons (Fsp3) is 0.600. The van der Waals surface area contributed by atoms with Gasteiger partial charge in [0, 0.05) is 25.3 Å². The van der Waals surface area contributed by atoms with Gasteiger partial charge in [-0.15, -0.1) is 0 Å². The highest BCUT2D eigenvalue weighted by atomic mass is 35.5. The Kier molecular flexibility index (Phi) is 6.47. The fourth-order valence-electron chi connectivity index (χ4n) is 4.55. The molecule has 2 aromatic heterocycles. The molecule has 2 aliphatic rings. The second-order valence-electron chi connectivity index (χ2n) is 8.42. The Labute approximate surface area is 185 Å². The molecule has 0 aromatic carbocycles. The van der Waals surface area contributed by atoms with Crippen LogP contribution in [0.3, 0.4) is 0 Å². The maximum Gasteiger partial charge on any atom is 0.407 e. The number of piperidine rings is 1. The van der Waals surface area contributed by atoms with Crippen molar-refractivity contribution in [1.82, 2.24) is 24.6 Å². The maximum absolute atomic E-state index is 11.2. The number of anilines is 3. The SMILES string of the molecule is O=C(O)N1CCC2(CCC(Nc3nc(Nc4cnn(CCO)c4)ncc3Cl)CC2)CC1. The minimum atomic E-state index is -0.811. The van der Waals surface area contributed by atoms with Crippen LogP contribution >= 0.6 is 11.6 Å². The van der Waals surface area contributed by atoms with E-state index in [0.717, 1.165) is 44.2 Å². The van der Waals surface area contributed by atoms with Gasteiger partial charge in [0.15, 0.2) is 5.82 Å². The normalized spacial score (nSPS) is 18.8. The van der Waals surface area contributed by atoms with E-state index in [1.54, 1.807) is 23.3 Å². The second kappa shape index (κ2) is 9.27. The van der Waals surface area contributed by atoms with Crippen LogP contribution in [0.1, 0.15) is 38.5 Å². The summed E-state index contributed by atoms with van der Waals surface area (Å²) in [7, 11) is 0. The molecule has 1 aliphatic heterocycles. The van der Waals surface area contributed by atoms with E-state index < -0.39 is 6.09 Å². The number of aliphatic hydroxyl groups excluding tert-OH is 1. The number of carboxylic acid groups (broad SMARTS) is 1. The molecule has 1 saturated heterocycles. The molecule has 2 aromatic rings. The molecule has 168 valence electrons. The number of hydrogen-bond donors (Lipinski definition) is 4. The molecule has 31 heavy (non-hydrogen) atoms. The van der Waals surface area contributed by atoms with Crippen LogP contribution in [0.5, 0.6) is 0 Å². The molecular formula is C20H28ClN7O3. The number of amides is 1. The highest BCUT2D eigenvalue weighted by Gasteiger charge is 2.39. The molecule has 2 fully saturated rings. The van der Waals surface area contributed by atoms with Crippen molar-refractivity contribution in [3.63, 3.8) is 0 Å². The number of aliphatic hydroxyl groups is 1. The van der Waals surface area contributed by atoms with Gasteiger partial charge in [-0.1, -0.05) is 11.6 Å². The first-order chi connectivity index (χ1) is 15.0. The smallest absolute Gasteiger partial charge is 0.407 e. The first-order valence-electron chi connectivity index (χ1n) is 10.6. The van der Waals surface area contributed by atoms with Crippen molar-refractivity contribution in [2.45, 2.75) is 51.1 Å². The van der Waals surface area contributed by atoms with Gasteiger partial charge in [0.05, 0.1) is 31.2 Å². The molecule has 1 aliphatic carbocycles. The molecule has 11 heteroatoms. The molecule has 0 bridgehead atoms. The Balaban J connectivity index is 1.33. The number of aromatic nitrogens is 4. The van der Waals surface area contributed by atoms with E-state index in [0.29, 0.717) is 36.4 Å². The standard InChI is InChI=1S/C20H28ClN7O3/c21-16-12-22-18(25-15-11-23-28(13-15)9-10-29)26-17(16)24-14-1-3-20(4-2-14)5-7-27(8-6-20)19(30)31/h11-14,29H,1-10H2,(H,30,31)(H2,22,24,25,26). The van der Waals surface area contributed by atoms with Crippen LogP contribution in [0.15, 0.2) is 18.6 Å². The average Bonchev–Trinajstić information content (AvgIpc) is 3.20. The van der Waals surface area contributed by atoms with Gasteiger partial charge in [0.1, 0.15) is 5.02 Å². The van der Waals surface area contributed by atoms with E-state index in [-0.39, 0.29) is 18.1 Å². The molecule has 1 amide bonds. The van der Waals surface area contributed by atoms with Crippen LogP contribution in [0, 0.1) is 5.41 Å². The molecule has 0 unspecified atom stereocenters. The lowest BCUT2D eigenvalue weighted by Crippen LogP contribution is -2.45. The Hall–Kier alpha value is -2.59. The van der Waals surface area contributed by atoms with Gasteiger partial charge < -0.3 is 25.7 Å². The zero-order valence-corrected chi connectivity index (χ0v) is 18.1. The van der Waals surface area contributed by atoms with Crippen molar-refractivity contribution < 1.29 is 15.0 Å². The zero-order chi connectivity index (χ0) is 21.8. The van der Waals surface area contributed by atoms with Gasteiger partial charge in [0.2, 0.25) is 5.95 Å². The first kappa shape index (κ1) is 21.6. The van der Waals surface area contributed by atoms with E-state index in [1.807, 2.05) is 0 Å². The summed E-state index contributed by atoms with van der Waals surface area (Å²) in [6.07, 6.45) is 10.2. The summed E-state index contributed by atoms with van der Waals surface area (Å²) in [6.45, 7) is 1.71. The number of nitrogens with one attached hydrogen (secondary N) is 2. The number of likely N-dealkylation sites (tertiary alicyclic amines) is 1. The summed E-state index contributed by atoms with van der Waals surface area (Å²) in [5.41, 5.74) is 0.996. The minimum Gasteiger partial charge on any atom is -0.465 e. The Morgan fingerprint density at radius 2 is 1.97 bits per heavy atom. The number of rotatable bonds is 6. The van der Waals surface area contributed by atoms with Crippen LogP contribution < -0.4 is 10.6 Å². The van der Waals surface area contributed by atoms with Crippen LogP contribution in [-0.2, 0) is 6.54 Å². The third-order valence-electron chi connectivity index (χ3n) is 6.44. The van der Waals surface area contributed by atoms with Crippen LogP contribution in [0.2, 0.25) is 5.02 Å². The summed E-state index contributed by atoms with van der Waals surface area (Å²) in [5.74, 6) is 1.02. The first-order valence-corrected chi connectivity index (χ1v) is 11.0. The Morgan fingerprint density at radius 1 is 1.23 bits per heavy atom. The van der Waals surface area contributed by atoms with Crippen molar-refractivity contribution in [3.05, 3.63) is 23.6 Å². The number of hydrogen-bond acceptors (Lipinski definition) is 7. The van der Waals surface area contributed by atoms with Gasteiger partial charge in [-0.05, 0) is 43.9 Å². The third kappa shape index (κ3) is 5.19. The van der Waals surface area contributed by atoms with Gasteiger partial charge in [-0.25, -0.2) is 9.78 Å². The van der Waals surface area contributed by atoms with Crippen LogP contribution in [0.25, 0.3) is 0 Å². The number of nitrogens with zero attached hydrogens (tertiary/aromatic N) is 5. The molecule has 0 radical (unpaired) electrons. The topological polar surface area (TPSA) is 128 Å². The van der Waals surface area contributed by atoms with Gasteiger partial charge in [-0.3, -0.25) is 4.68 Å². The van der Waals surface area contributed by atoms with Crippen molar-refractivity contribution >= 4 is 35.1 Å². The summed E-state index contributed by atoms with van der Waals surface area (Å²) < 4.78 is 1.64. The van der Waals surface area contributed by atoms with E-state index in [9.17, 15) is 4.79 Å². The van der Waals surface area contributed by atoms with E-state index in [4.69, 9.17) is 21.8 Å². The lowest BCUT2D eigenvalue weighted by atomic mass is 9.67. The van der Waals surface area contributed by atoms with Crippen LogP contribution in [-0.4, -0.2) is 66.7 Å². The molecule has 4 N–H and O–H groups in total. The summed E-state index contributed by atoms with van der Waals surface area (Å²) in [4.78, 5) is 21.4. The lowest BCUT2D eigenvalue weighted by molar-refractivity contribution is 0.0620. The summed E-state index contributed by atoms with van der Waals surface area (Å²) in [6, 6.07) is 0.274. The summed E-state index contributed by atoms with van der Waals surface area (Å²) in [5, 5.41) is 29.4. The number of halogens is 1. The predicted molar refractivity (Wildman–Crippen MR) is 117 cm³/mol. The maximum atomic E-state index is 11.2.